The molecule has 7 heteroatoms. The van der Waals surface area contributed by atoms with E-state index in [4.69, 9.17) is 25.9 Å². The SMILES string of the molecule is Cc1oc(Cc2cccc(Cl)c2)nc1-c1ccc(OCc2ccc(C(=O)O)cn2)cc1. The van der Waals surface area contributed by atoms with Gasteiger partial charge in [-0.05, 0) is 61.0 Å². The first-order valence-corrected chi connectivity index (χ1v) is 9.98. The Labute approximate surface area is 184 Å². The van der Waals surface area contributed by atoms with Gasteiger partial charge in [-0.1, -0.05) is 23.7 Å². The van der Waals surface area contributed by atoms with Crippen molar-refractivity contribution in [2.75, 3.05) is 0 Å². The van der Waals surface area contributed by atoms with Crippen LogP contribution in [0.2, 0.25) is 5.02 Å². The molecule has 0 aliphatic heterocycles. The molecule has 1 N–H and O–H groups in total. The van der Waals surface area contributed by atoms with Gasteiger partial charge in [-0.2, -0.15) is 0 Å². The fourth-order valence-corrected chi connectivity index (χ4v) is 3.33. The highest BCUT2D eigenvalue weighted by Crippen LogP contribution is 2.27. The summed E-state index contributed by atoms with van der Waals surface area (Å²) >= 11 is 6.05. The molecular weight excluding hydrogens is 416 g/mol. The van der Waals surface area contributed by atoms with Crippen LogP contribution in [0.3, 0.4) is 0 Å². The molecule has 156 valence electrons. The summed E-state index contributed by atoms with van der Waals surface area (Å²) in [5.74, 6) is 1.04. The maximum atomic E-state index is 10.9. The Morgan fingerprint density at radius 2 is 1.94 bits per heavy atom. The number of hydrogen-bond donors (Lipinski definition) is 1. The molecule has 0 aliphatic carbocycles. The van der Waals surface area contributed by atoms with Crippen LogP contribution in [-0.2, 0) is 13.0 Å². The number of ether oxygens (including phenoxy) is 1. The third-order valence-electron chi connectivity index (χ3n) is 4.67. The number of rotatable bonds is 7. The predicted molar refractivity (Wildman–Crippen MR) is 116 cm³/mol. The Balaban J connectivity index is 1.42. The quantitative estimate of drug-likeness (QED) is 0.409. The maximum Gasteiger partial charge on any atom is 0.337 e. The van der Waals surface area contributed by atoms with Gasteiger partial charge in [0.05, 0.1) is 11.3 Å². The first kappa shape index (κ1) is 20.6. The van der Waals surface area contributed by atoms with Gasteiger partial charge in [0.15, 0.2) is 5.89 Å². The average Bonchev–Trinajstić information content (AvgIpc) is 3.13. The number of carbonyl (C=O) groups is 1. The van der Waals surface area contributed by atoms with E-state index in [2.05, 4.69) is 9.97 Å². The Bertz CT molecular complexity index is 1200. The Hall–Kier alpha value is -3.64. The smallest absolute Gasteiger partial charge is 0.337 e. The van der Waals surface area contributed by atoms with E-state index in [9.17, 15) is 4.79 Å². The highest BCUT2D eigenvalue weighted by molar-refractivity contribution is 6.30. The molecule has 31 heavy (non-hydrogen) atoms. The average molecular weight is 435 g/mol. The number of aryl methyl sites for hydroxylation is 1. The van der Waals surface area contributed by atoms with Crippen LogP contribution in [0.15, 0.2) is 71.3 Å². The number of halogens is 1. The molecule has 2 aromatic heterocycles. The van der Waals surface area contributed by atoms with Crippen molar-refractivity contribution in [3.63, 3.8) is 0 Å². The van der Waals surface area contributed by atoms with Gasteiger partial charge in [-0.3, -0.25) is 4.98 Å². The summed E-state index contributed by atoms with van der Waals surface area (Å²) in [5.41, 5.74) is 3.54. The molecule has 2 aromatic carbocycles. The van der Waals surface area contributed by atoms with E-state index in [1.165, 1.54) is 12.3 Å². The standard InChI is InChI=1S/C24H19ClN2O4/c1-15-23(27-22(31-15)12-16-3-2-4-19(25)11-16)17-6-9-21(10-7-17)30-14-20-8-5-18(13-26-20)24(28)29/h2-11,13H,12,14H2,1H3,(H,28,29). The van der Waals surface area contributed by atoms with Gasteiger partial charge in [0.25, 0.3) is 0 Å². The van der Waals surface area contributed by atoms with Gasteiger partial charge < -0.3 is 14.3 Å². The summed E-state index contributed by atoms with van der Waals surface area (Å²) in [7, 11) is 0. The molecule has 4 aromatic rings. The number of carboxylic acid groups (broad SMARTS) is 1. The van der Waals surface area contributed by atoms with Crippen molar-refractivity contribution in [2.24, 2.45) is 0 Å². The van der Waals surface area contributed by atoms with Crippen molar-refractivity contribution in [1.82, 2.24) is 9.97 Å². The Morgan fingerprint density at radius 1 is 1.13 bits per heavy atom. The van der Waals surface area contributed by atoms with Crippen molar-refractivity contribution >= 4 is 17.6 Å². The normalized spacial score (nSPS) is 10.8. The van der Waals surface area contributed by atoms with Crippen LogP contribution < -0.4 is 4.74 Å². The number of aromatic carboxylic acids is 1. The lowest BCUT2D eigenvalue weighted by molar-refractivity contribution is 0.0696. The second-order valence-electron chi connectivity index (χ2n) is 6.98. The van der Waals surface area contributed by atoms with Gasteiger partial charge in [0, 0.05) is 23.2 Å². The Kier molecular flexibility index (Phi) is 6.00. The summed E-state index contributed by atoms with van der Waals surface area (Å²) in [5, 5.41) is 9.61. The molecule has 0 spiro atoms. The summed E-state index contributed by atoms with van der Waals surface area (Å²) in [6.45, 7) is 2.13. The monoisotopic (exact) mass is 434 g/mol. The number of pyridine rings is 1. The molecule has 0 bridgehead atoms. The van der Waals surface area contributed by atoms with Crippen molar-refractivity contribution < 1.29 is 19.1 Å². The third-order valence-corrected chi connectivity index (χ3v) is 4.91. The summed E-state index contributed by atoms with van der Waals surface area (Å²) < 4.78 is 11.6. The molecule has 2 heterocycles. The van der Waals surface area contributed by atoms with Crippen LogP contribution in [0, 0.1) is 6.92 Å². The molecule has 0 amide bonds. The van der Waals surface area contributed by atoms with E-state index in [-0.39, 0.29) is 12.2 Å². The molecule has 0 saturated carbocycles. The van der Waals surface area contributed by atoms with Crippen LogP contribution in [0.25, 0.3) is 11.3 Å². The number of nitrogens with zero attached hydrogens (tertiary/aromatic N) is 2. The van der Waals surface area contributed by atoms with Crippen molar-refractivity contribution in [1.29, 1.82) is 0 Å². The first-order chi connectivity index (χ1) is 15.0. The van der Waals surface area contributed by atoms with Crippen LogP contribution in [0.5, 0.6) is 5.75 Å². The zero-order chi connectivity index (χ0) is 21.8. The molecule has 0 aliphatic rings. The third kappa shape index (κ3) is 5.10. The minimum atomic E-state index is -1.01. The summed E-state index contributed by atoms with van der Waals surface area (Å²) in [6.07, 6.45) is 1.88. The largest absolute Gasteiger partial charge is 0.487 e. The highest BCUT2D eigenvalue weighted by Gasteiger charge is 2.13. The molecule has 0 atom stereocenters. The molecule has 6 nitrogen and oxygen atoms in total. The fourth-order valence-electron chi connectivity index (χ4n) is 3.12. The number of benzene rings is 2. The second-order valence-corrected chi connectivity index (χ2v) is 7.41. The minimum absolute atomic E-state index is 0.144. The maximum absolute atomic E-state index is 10.9. The van der Waals surface area contributed by atoms with E-state index in [0.29, 0.717) is 28.8 Å². The van der Waals surface area contributed by atoms with Crippen LogP contribution in [0.1, 0.15) is 33.3 Å². The van der Waals surface area contributed by atoms with E-state index >= 15 is 0 Å². The number of hydrogen-bond acceptors (Lipinski definition) is 5. The van der Waals surface area contributed by atoms with E-state index in [1.54, 1.807) is 6.07 Å². The molecule has 0 saturated heterocycles. The fraction of sp³-hybridized carbons (Fsp3) is 0.125. The van der Waals surface area contributed by atoms with Crippen LogP contribution in [0.4, 0.5) is 0 Å². The van der Waals surface area contributed by atoms with E-state index in [1.807, 2.05) is 55.5 Å². The van der Waals surface area contributed by atoms with E-state index < -0.39 is 5.97 Å². The minimum Gasteiger partial charge on any atom is -0.487 e. The predicted octanol–water partition coefficient (Wildman–Crippen LogP) is 5.57. The van der Waals surface area contributed by atoms with Gasteiger partial charge in [-0.15, -0.1) is 0 Å². The van der Waals surface area contributed by atoms with Crippen molar-refractivity contribution in [3.05, 3.63) is 100 Å². The lowest BCUT2D eigenvalue weighted by Crippen LogP contribution is -2.01. The molecule has 4 rings (SSSR count). The molecular formula is C24H19ClN2O4. The van der Waals surface area contributed by atoms with Crippen LogP contribution >= 0.6 is 11.6 Å². The number of carboxylic acids is 1. The molecule has 0 unspecified atom stereocenters. The Morgan fingerprint density at radius 3 is 2.61 bits per heavy atom. The van der Waals surface area contributed by atoms with Gasteiger partial charge in [0.1, 0.15) is 23.8 Å². The van der Waals surface area contributed by atoms with E-state index in [0.717, 1.165) is 22.6 Å². The van der Waals surface area contributed by atoms with Crippen molar-refractivity contribution in [3.8, 4) is 17.0 Å². The number of oxazole rings is 1. The molecule has 0 radical (unpaired) electrons. The van der Waals surface area contributed by atoms with Gasteiger partial charge in [-0.25, -0.2) is 9.78 Å². The zero-order valence-electron chi connectivity index (χ0n) is 16.7. The lowest BCUT2D eigenvalue weighted by Gasteiger charge is -2.06. The summed E-state index contributed by atoms with van der Waals surface area (Å²) in [4.78, 5) is 19.6. The number of aromatic nitrogens is 2. The lowest BCUT2D eigenvalue weighted by atomic mass is 10.1. The topological polar surface area (TPSA) is 85.5 Å². The highest BCUT2D eigenvalue weighted by atomic mass is 35.5. The van der Waals surface area contributed by atoms with Crippen LogP contribution in [-0.4, -0.2) is 21.0 Å². The molecule has 0 fully saturated rings. The van der Waals surface area contributed by atoms with Gasteiger partial charge >= 0.3 is 5.97 Å². The first-order valence-electron chi connectivity index (χ1n) is 9.60. The van der Waals surface area contributed by atoms with Crippen molar-refractivity contribution in [2.45, 2.75) is 20.0 Å². The second kappa shape index (κ2) is 9.02. The zero-order valence-corrected chi connectivity index (χ0v) is 17.5. The van der Waals surface area contributed by atoms with Gasteiger partial charge in [0.2, 0.25) is 0 Å². The summed E-state index contributed by atoms with van der Waals surface area (Å²) in [6, 6.07) is 18.3.